The van der Waals surface area contributed by atoms with E-state index in [1.54, 1.807) is 11.3 Å². The number of aromatic nitrogens is 2. The highest BCUT2D eigenvalue weighted by Gasteiger charge is 2.30. The third-order valence-electron chi connectivity index (χ3n) is 11.5. The van der Waals surface area contributed by atoms with Gasteiger partial charge in [0.2, 0.25) is 0 Å². The van der Waals surface area contributed by atoms with Crippen molar-refractivity contribution in [1.29, 1.82) is 0 Å². The molecule has 0 saturated carbocycles. The van der Waals surface area contributed by atoms with E-state index in [0.717, 1.165) is 38.4 Å². The van der Waals surface area contributed by atoms with Gasteiger partial charge in [-0.2, -0.15) is 0 Å². The van der Waals surface area contributed by atoms with Gasteiger partial charge in [0.25, 0.3) is 0 Å². The topological polar surface area (TPSA) is 33.0 Å². The van der Waals surface area contributed by atoms with Gasteiger partial charge in [-0.25, -0.2) is 4.98 Å². The van der Waals surface area contributed by atoms with Gasteiger partial charge in [-0.15, -0.1) is 22.7 Å². The first-order valence-corrected chi connectivity index (χ1v) is 20.6. The molecule has 0 amide bonds. The number of fused-ring (bicyclic) bond motifs is 15. The summed E-state index contributed by atoms with van der Waals surface area (Å²) in [5, 5.41) is 8.64. The van der Waals surface area contributed by atoms with Gasteiger partial charge in [0.1, 0.15) is 23.8 Å². The Morgan fingerprint density at radius 2 is 1.30 bits per heavy atom. The Hall–Kier alpha value is -6.41. The first-order chi connectivity index (χ1) is 27.5. The van der Waals surface area contributed by atoms with Gasteiger partial charge in [0, 0.05) is 81.6 Å². The van der Waals surface area contributed by atoms with Gasteiger partial charge in [-0.05, 0) is 80.4 Å². The van der Waals surface area contributed by atoms with Crippen molar-refractivity contribution in [2.75, 3.05) is 16.5 Å². The van der Waals surface area contributed by atoms with Crippen LogP contribution in [0.3, 0.4) is 0 Å². The number of benzene rings is 7. The molecule has 268 valence electrons. The molecule has 0 N–H and O–H groups in total. The zero-order valence-electron chi connectivity index (χ0n) is 31.0. The van der Waals surface area contributed by atoms with Crippen LogP contribution in [0.4, 0.5) is 22.7 Å². The number of hydrogen-bond donors (Lipinski definition) is 0. The van der Waals surface area contributed by atoms with Gasteiger partial charge in [0.15, 0.2) is 0 Å². The smallest absolute Gasteiger partial charge is 0.146 e. The molecule has 7 aromatic carbocycles. The fourth-order valence-corrected chi connectivity index (χ4v) is 11.8. The van der Waals surface area contributed by atoms with Crippen molar-refractivity contribution >= 4 is 113 Å². The summed E-state index contributed by atoms with van der Waals surface area (Å²) in [5.41, 5.74) is 10.7. The largest absolute Gasteiger partial charge is 0.456 e. The van der Waals surface area contributed by atoms with E-state index >= 15 is 0 Å². The molecule has 7 heteroatoms. The number of thiophene rings is 2. The molecular formula is C49H34N4OS2. The number of para-hydroxylation sites is 2. The lowest BCUT2D eigenvalue weighted by Crippen LogP contribution is -2.25. The van der Waals surface area contributed by atoms with Crippen LogP contribution in [0.1, 0.15) is 16.7 Å². The second-order valence-corrected chi connectivity index (χ2v) is 17.1. The normalized spacial score (nSPS) is 13.1. The van der Waals surface area contributed by atoms with Crippen LogP contribution in [0.15, 0.2) is 140 Å². The van der Waals surface area contributed by atoms with E-state index in [-0.39, 0.29) is 0 Å². The van der Waals surface area contributed by atoms with Crippen LogP contribution in [0.25, 0.3) is 67.7 Å². The molecule has 5 nitrogen and oxygen atoms in total. The lowest BCUT2D eigenvalue weighted by molar-refractivity contribution is 0.490. The molecule has 0 unspecified atom stereocenters. The Balaban J connectivity index is 1.06. The minimum absolute atomic E-state index is 0.710. The number of nitrogens with zero attached hydrogens (tertiary/aromatic N) is 4. The maximum atomic E-state index is 7.09. The van der Waals surface area contributed by atoms with E-state index in [9.17, 15) is 0 Å². The van der Waals surface area contributed by atoms with Gasteiger partial charge in [0.05, 0.1) is 21.6 Å². The molecule has 0 saturated heterocycles. The van der Waals surface area contributed by atoms with E-state index in [2.05, 4.69) is 169 Å². The molecule has 0 bridgehead atoms. The second-order valence-electron chi connectivity index (χ2n) is 15.0. The Labute approximate surface area is 330 Å². The number of anilines is 4. The first kappa shape index (κ1) is 31.9. The third-order valence-corrected chi connectivity index (χ3v) is 13.9. The van der Waals surface area contributed by atoms with Crippen molar-refractivity contribution in [1.82, 2.24) is 9.38 Å². The fraction of sp³-hybridized carbons (Fsp3) is 0.0816. The molecule has 5 heterocycles. The van der Waals surface area contributed by atoms with Crippen molar-refractivity contribution in [3.8, 4) is 11.5 Å². The number of ether oxygens (including phenoxy) is 1. The van der Waals surface area contributed by atoms with Crippen molar-refractivity contribution in [2.45, 2.75) is 20.8 Å². The van der Waals surface area contributed by atoms with E-state index in [0.29, 0.717) is 6.67 Å². The molecule has 0 fully saturated rings. The quantitative estimate of drug-likeness (QED) is 0.167. The molecule has 11 aromatic rings. The average molecular weight is 759 g/mol. The van der Waals surface area contributed by atoms with E-state index in [1.807, 2.05) is 17.5 Å². The van der Waals surface area contributed by atoms with Crippen LogP contribution in [-0.2, 0) is 0 Å². The minimum Gasteiger partial charge on any atom is -0.456 e. The zero-order chi connectivity index (χ0) is 37.2. The van der Waals surface area contributed by atoms with Crippen LogP contribution in [0.2, 0.25) is 0 Å². The highest BCUT2D eigenvalue weighted by molar-refractivity contribution is 7.27. The van der Waals surface area contributed by atoms with Crippen LogP contribution in [0, 0.1) is 20.8 Å². The second kappa shape index (κ2) is 11.8. The number of rotatable bonds is 4. The maximum Gasteiger partial charge on any atom is 0.146 e. The molecule has 0 atom stereocenters. The van der Waals surface area contributed by atoms with Crippen molar-refractivity contribution in [3.05, 3.63) is 156 Å². The number of pyridine rings is 1. The van der Waals surface area contributed by atoms with Gasteiger partial charge in [-0.3, -0.25) is 4.40 Å². The lowest BCUT2D eigenvalue weighted by atomic mass is 9.98. The molecule has 1 aliphatic rings. The molecule has 12 rings (SSSR count). The van der Waals surface area contributed by atoms with E-state index < -0.39 is 0 Å². The summed E-state index contributed by atoms with van der Waals surface area (Å²) >= 11 is 3.68. The van der Waals surface area contributed by atoms with E-state index in [4.69, 9.17) is 9.72 Å². The molecule has 1 aliphatic heterocycles. The fourth-order valence-electron chi connectivity index (χ4n) is 9.37. The summed E-state index contributed by atoms with van der Waals surface area (Å²) in [6.45, 7) is 7.32. The van der Waals surface area contributed by atoms with Crippen molar-refractivity contribution < 1.29 is 4.74 Å². The number of imidazole rings is 1. The predicted octanol–water partition coefficient (Wildman–Crippen LogP) is 14.3. The van der Waals surface area contributed by atoms with Crippen molar-refractivity contribution in [3.63, 3.8) is 0 Å². The summed E-state index contributed by atoms with van der Waals surface area (Å²) in [7, 11) is 0. The van der Waals surface area contributed by atoms with Gasteiger partial charge < -0.3 is 14.5 Å². The Bertz CT molecular complexity index is 3420. The highest BCUT2D eigenvalue weighted by atomic mass is 32.1. The summed E-state index contributed by atoms with van der Waals surface area (Å²) < 4.78 is 14.3. The van der Waals surface area contributed by atoms with Crippen LogP contribution < -0.4 is 14.5 Å². The van der Waals surface area contributed by atoms with Crippen LogP contribution >= 0.6 is 22.7 Å². The summed E-state index contributed by atoms with van der Waals surface area (Å²) in [4.78, 5) is 9.82. The molecule has 0 spiro atoms. The SMILES string of the molecule is Cc1cc(C)c(N2CN(c3cccc(Oc4cc5c(c6c4sc4ccccc46)c4c6sc7ccccc7c6ccc4n4ccnc54)c3)c3ccccc32)c(C)c1. The highest BCUT2D eigenvalue weighted by Crippen LogP contribution is 2.51. The van der Waals surface area contributed by atoms with Gasteiger partial charge >= 0.3 is 0 Å². The number of hydrogen-bond acceptors (Lipinski definition) is 6. The van der Waals surface area contributed by atoms with Crippen molar-refractivity contribution in [2.24, 2.45) is 0 Å². The summed E-state index contributed by atoms with van der Waals surface area (Å²) in [5.74, 6) is 1.64. The Morgan fingerprint density at radius 1 is 0.589 bits per heavy atom. The predicted molar refractivity (Wildman–Crippen MR) is 239 cm³/mol. The van der Waals surface area contributed by atoms with Crippen LogP contribution in [0.5, 0.6) is 11.5 Å². The molecule has 4 aromatic heterocycles. The summed E-state index contributed by atoms with van der Waals surface area (Å²) in [6.07, 6.45) is 4.01. The average Bonchev–Trinajstić information content (AvgIpc) is 4.01. The van der Waals surface area contributed by atoms with Gasteiger partial charge in [-0.1, -0.05) is 78.4 Å². The molecular weight excluding hydrogens is 725 g/mol. The first-order valence-electron chi connectivity index (χ1n) is 19.0. The zero-order valence-corrected chi connectivity index (χ0v) is 32.6. The van der Waals surface area contributed by atoms with E-state index in [1.165, 1.54) is 80.2 Å². The van der Waals surface area contributed by atoms with Crippen LogP contribution in [-0.4, -0.2) is 16.1 Å². The lowest BCUT2D eigenvalue weighted by Gasteiger charge is -2.25. The standard InChI is InChI=1S/C49H34N4OS2/c1-28-23-29(2)46(30(3)24-28)53-27-52(37-15-6-7-16-38(37)53)31-11-10-12-32(25-31)54-40-26-36-43(44-35-14-5-9-18-42(35)56-48(40)44)45-39(51-22-21-50-49(36)51)20-19-34-33-13-4-8-17-41(33)55-47(34)45/h4-26H,27H2,1-3H3. The minimum atomic E-state index is 0.710. The molecule has 0 aliphatic carbocycles. The Morgan fingerprint density at radius 3 is 2.12 bits per heavy atom. The number of aryl methyl sites for hydroxylation is 3. The molecule has 0 radical (unpaired) electrons. The maximum absolute atomic E-state index is 7.09. The summed E-state index contributed by atoms with van der Waals surface area (Å²) in [6, 6.07) is 46.2. The Kier molecular flexibility index (Phi) is 6.72. The molecule has 56 heavy (non-hydrogen) atoms. The third kappa shape index (κ3) is 4.50. The monoisotopic (exact) mass is 758 g/mol.